The standard InChI is InChI=1S/C20H26N10O14P2S2/c21-19-26-13-7(15(33)28-19)24-6-11(47)12(48-39)5(42-17(6)25-13)2-41-46(37,38)44-45(35,36)40-1-4-9(31)10(32)18(43-4)30-3-23-8-14(30)27-20(22)29-16(8)34/h3-6,9-10,17-18,24,31-32,39,47H,1-2H2,(H,35,36)(H,37,38)(H3,22,27,29,34)(H4,21,25,26,28,33)/t4-,5-,6+,9-,10-,17-,18-/m1/s1. The summed E-state index contributed by atoms with van der Waals surface area (Å²) < 4.78 is 61.5. The Balaban J connectivity index is 1.08. The maximum absolute atomic E-state index is 12.6. The van der Waals surface area contributed by atoms with Gasteiger partial charge in [-0.25, -0.2) is 14.1 Å². The highest BCUT2D eigenvalue weighted by Gasteiger charge is 2.47. The zero-order valence-electron chi connectivity index (χ0n) is 23.6. The molecule has 0 aromatic carbocycles. The van der Waals surface area contributed by atoms with E-state index in [2.05, 4.69) is 52.5 Å². The maximum atomic E-state index is 12.6. The van der Waals surface area contributed by atoms with E-state index in [1.54, 1.807) is 0 Å². The number of nitrogens with two attached hydrogens (primary N) is 2. The van der Waals surface area contributed by atoms with E-state index >= 15 is 0 Å². The number of phosphoric ester groups is 2. The summed E-state index contributed by atoms with van der Waals surface area (Å²) in [6.07, 6.45) is -7.54. The first-order chi connectivity index (χ1) is 22.6. The molecular formula is C20H26N10O14P2S2. The Morgan fingerprint density at radius 1 is 1.00 bits per heavy atom. The number of aromatic amines is 2. The van der Waals surface area contributed by atoms with Crippen molar-refractivity contribution in [2.45, 2.75) is 42.9 Å². The van der Waals surface area contributed by atoms with Crippen LogP contribution in [0.5, 0.6) is 0 Å². The van der Waals surface area contributed by atoms with Gasteiger partial charge in [-0.05, 0) is 0 Å². The topological polar surface area (TPSA) is 367 Å². The predicted octanol–water partition coefficient (Wildman–Crippen LogP) is -1.78. The predicted molar refractivity (Wildman–Crippen MR) is 166 cm³/mol. The van der Waals surface area contributed by atoms with Crippen molar-refractivity contribution in [3.8, 4) is 0 Å². The van der Waals surface area contributed by atoms with E-state index in [-0.39, 0.29) is 56.4 Å². The molecule has 0 radical (unpaired) electrons. The summed E-state index contributed by atoms with van der Waals surface area (Å²) in [4.78, 5) is 61.2. The molecule has 3 aromatic heterocycles. The van der Waals surface area contributed by atoms with Crippen molar-refractivity contribution in [3.63, 3.8) is 0 Å². The molecule has 9 atom stereocenters. The smallest absolute Gasteiger partial charge is 0.387 e. The first-order valence-corrected chi connectivity index (χ1v) is 17.5. The number of anilines is 4. The summed E-state index contributed by atoms with van der Waals surface area (Å²) >= 11 is 4.56. The highest BCUT2D eigenvalue weighted by molar-refractivity contribution is 7.98. The summed E-state index contributed by atoms with van der Waals surface area (Å²) in [7, 11) is -10.8. The Bertz CT molecular complexity index is 1990. The van der Waals surface area contributed by atoms with E-state index in [9.17, 15) is 43.3 Å². The molecule has 3 aliphatic rings. The first kappa shape index (κ1) is 34.8. The van der Waals surface area contributed by atoms with E-state index < -0.39 is 82.9 Å². The van der Waals surface area contributed by atoms with Crippen molar-refractivity contribution >= 4 is 74.9 Å². The Labute approximate surface area is 275 Å². The van der Waals surface area contributed by atoms with Gasteiger partial charge in [0.05, 0.1) is 24.4 Å². The molecule has 262 valence electrons. The number of H-pyrrole nitrogens is 2. The fraction of sp³-hybridized carbons (Fsp3) is 0.450. The average Bonchev–Trinajstić information content (AvgIpc) is 3.54. The van der Waals surface area contributed by atoms with Gasteiger partial charge in [-0.1, -0.05) is 0 Å². The van der Waals surface area contributed by atoms with Gasteiger partial charge in [-0.3, -0.25) is 33.2 Å². The Morgan fingerprint density at radius 3 is 2.38 bits per heavy atom. The number of fused-ring (bicyclic) bond motifs is 3. The molecule has 2 unspecified atom stereocenters. The van der Waals surface area contributed by atoms with Crippen LogP contribution in [0.1, 0.15) is 6.23 Å². The third kappa shape index (κ3) is 6.73. The van der Waals surface area contributed by atoms with Crippen LogP contribution in [-0.2, 0) is 32.0 Å². The molecule has 3 aromatic rings. The summed E-state index contributed by atoms with van der Waals surface area (Å²) in [6.45, 7) is -1.78. The fourth-order valence-electron chi connectivity index (χ4n) is 5.01. The zero-order valence-corrected chi connectivity index (χ0v) is 27.1. The minimum Gasteiger partial charge on any atom is -0.387 e. The van der Waals surface area contributed by atoms with Gasteiger partial charge in [0.25, 0.3) is 11.1 Å². The molecule has 3 aliphatic heterocycles. The van der Waals surface area contributed by atoms with E-state index in [1.807, 2.05) is 0 Å². The van der Waals surface area contributed by atoms with Gasteiger partial charge in [-0.2, -0.15) is 14.3 Å². The minimum absolute atomic E-state index is 0.00533. The number of aromatic nitrogens is 6. The highest BCUT2D eigenvalue weighted by Crippen LogP contribution is 2.61. The van der Waals surface area contributed by atoms with E-state index in [0.29, 0.717) is 0 Å². The Hall–Kier alpha value is -3.07. The van der Waals surface area contributed by atoms with Gasteiger partial charge >= 0.3 is 15.6 Å². The largest absolute Gasteiger partial charge is 0.481 e. The van der Waals surface area contributed by atoms with Crippen LogP contribution in [0.25, 0.3) is 11.2 Å². The second kappa shape index (κ2) is 13.0. The van der Waals surface area contributed by atoms with Gasteiger partial charge < -0.3 is 56.1 Å². The molecule has 1 saturated heterocycles. The van der Waals surface area contributed by atoms with Crippen LogP contribution in [0.3, 0.4) is 0 Å². The molecule has 0 spiro atoms. The normalized spacial score (nSPS) is 29.4. The van der Waals surface area contributed by atoms with E-state index in [0.717, 1.165) is 10.9 Å². The molecule has 0 bridgehead atoms. The van der Waals surface area contributed by atoms with E-state index in [4.69, 9.17) is 30.0 Å². The van der Waals surface area contributed by atoms with Crippen LogP contribution in [0.4, 0.5) is 23.4 Å². The molecule has 1 fully saturated rings. The third-order valence-corrected chi connectivity index (χ3v) is 11.1. The van der Waals surface area contributed by atoms with Crippen molar-refractivity contribution in [2.24, 2.45) is 0 Å². The van der Waals surface area contributed by atoms with Crippen LogP contribution in [0.2, 0.25) is 0 Å². The molecule has 13 N–H and O–H groups in total. The quantitative estimate of drug-likeness (QED) is 0.0617. The zero-order chi connectivity index (χ0) is 34.7. The number of thiol groups is 1. The number of nitrogens with one attached hydrogen (secondary N) is 4. The molecule has 0 saturated carbocycles. The van der Waals surface area contributed by atoms with Crippen LogP contribution in [0.15, 0.2) is 25.7 Å². The molecular weight excluding hydrogens is 730 g/mol. The average molecular weight is 757 g/mol. The number of nitrogen functional groups attached to an aromatic ring is 2. The van der Waals surface area contributed by atoms with E-state index in [1.165, 1.54) is 0 Å². The lowest BCUT2D eigenvalue weighted by Gasteiger charge is -2.41. The van der Waals surface area contributed by atoms with Gasteiger partial charge in [0.1, 0.15) is 36.1 Å². The van der Waals surface area contributed by atoms with Gasteiger partial charge in [0.2, 0.25) is 11.9 Å². The highest BCUT2D eigenvalue weighted by atomic mass is 32.2. The number of aliphatic hydroxyl groups is 2. The van der Waals surface area contributed by atoms with Crippen molar-refractivity contribution in [1.29, 1.82) is 0 Å². The molecule has 6 rings (SSSR count). The SMILES string of the molecule is Nc1nc2c(c(=O)[nH]1)N[C@H]1C(S)=C(SO)[C@@H](COP(=O)(O)OP(=O)(O)OC[C@H]3O[C@@H](n4cnc5c(=O)[nH]c(N)nc54)[C@H](O)[C@@H]3O)O[C@H]1N2. The lowest BCUT2D eigenvalue weighted by molar-refractivity contribution is -0.0506. The van der Waals surface area contributed by atoms with Crippen LogP contribution < -0.4 is 33.2 Å². The number of ether oxygens (including phenoxy) is 2. The van der Waals surface area contributed by atoms with Crippen molar-refractivity contribution in [3.05, 3.63) is 36.8 Å². The Morgan fingerprint density at radius 2 is 1.67 bits per heavy atom. The maximum Gasteiger partial charge on any atom is 0.481 e. The monoisotopic (exact) mass is 756 g/mol. The van der Waals surface area contributed by atoms with Gasteiger partial charge in [-0.15, -0.1) is 12.6 Å². The van der Waals surface area contributed by atoms with Gasteiger partial charge in [0, 0.05) is 16.9 Å². The molecule has 0 aliphatic carbocycles. The van der Waals surface area contributed by atoms with Crippen LogP contribution >= 0.6 is 40.3 Å². The van der Waals surface area contributed by atoms with Crippen molar-refractivity contribution in [1.82, 2.24) is 29.5 Å². The molecule has 6 heterocycles. The molecule has 48 heavy (non-hydrogen) atoms. The van der Waals surface area contributed by atoms with Gasteiger partial charge in [0.15, 0.2) is 29.4 Å². The number of phosphoric acid groups is 2. The first-order valence-electron chi connectivity index (χ1n) is 13.3. The number of hydrogen-bond acceptors (Lipinski definition) is 21. The Kier molecular flexibility index (Phi) is 9.42. The summed E-state index contributed by atoms with van der Waals surface area (Å²) in [5.74, 6) is -0.432. The second-order valence-electron chi connectivity index (χ2n) is 10.3. The number of rotatable bonds is 10. The lowest BCUT2D eigenvalue weighted by atomic mass is 10.1. The number of nitrogens with zero attached hydrogens (tertiary/aromatic N) is 4. The summed E-state index contributed by atoms with van der Waals surface area (Å²) in [5.41, 5.74) is 9.64. The second-order valence-corrected chi connectivity index (χ2v) is 14.4. The lowest BCUT2D eigenvalue weighted by Crippen LogP contribution is -2.52. The number of hydrogen-bond donors (Lipinski definition) is 12. The van der Waals surface area contributed by atoms with Crippen LogP contribution in [0, 0.1) is 0 Å². The molecule has 0 amide bonds. The summed E-state index contributed by atoms with van der Waals surface area (Å²) in [5, 5.41) is 26.7. The molecule has 28 heteroatoms. The number of aliphatic hydroxyl groups excluding tert-OH is 2. The fourth-order valence-corrected chi connectivity index (χ4v) is 8.02. The summed E-state index contributed by atoms with van der Waals surface area (Å²) in [6, 6.07) is -0.836. The van der Waals surface area contributed by atoms with Crippen molar-refractivity contribution < 1.29 is 56.5 Å². The third-order valence-electron chi connectivity index (χ3n) is 7.13. The van der Waals surface area contributed by atoms with Crippen LogP contribution in [-0.4, -0.2) is 104 Å². The number of imidazole rings is 1. The molecule has 24 nitrogen and oxygen atoms in total. The van der Waals surface area contributed by atoms with Crippen molar-refractivity contribution in [2.75, 3.05) is 35.3 Å². The minimum atomic E-state index is -5.42.